The Kier molecular flexibility index (Phi) is 6.17. The van der Waals surface area contributed by atoms with Gasteiger partial charge in [-0.3, -0.25) is 4.79 Å². The predicted molar refractivity (Wildman–Crippen MR) is 127 cm³/mol. The number of aryl methyl sites for hydroxylation is 3. The van der Waals surface area contributed by atoms with E-state index in [0.29, 0.717) is 6.54 Å². The van der Waals surface area contributed by atoms with Crippen LogP contribution in [0.2, 0.25) is 0 Å². The summed E-state index contributed by atoms with van der Waals surface area (Å²) < 4.78 is 2.33. The molecule has 4 heteroatoms. The van der Waals surface area contributed by atoms with Crippen LogP contribution in [0.15, 0.2) is 72.8 Å². The zero-order chi connectivity index (χ0) is 21.8. The van der Waals surface area contributed by atoms with Crippen LogP contribution >= 0.6 is 0 Å². The zero-order valence-electron chi connectivity index (χ0n) is 18.4. The van der Waals surface area contributed by atoms with Gasteiger partial charge in [-0.15, -0.1) is 0 Å². The molecule has 4 rings (SSSR count). The minimum atomic E-state index is -0.0105. The van der Waals surface area contributed by atoms with Crippen molar-refractivity contribution in [3.05, 3.63) is 101 Å². The van der Waals surface area contributed by atoms with Crippen LogP contribution in [0.4, 0.5) is 0 Å². The molecule has 1 amide bonds. The normalized spacial score (nSPS) is 12.1. The molecule has 158 valence electrons. The third-order valence-corrected chi connectivity index (χ3v) is 5.83. The largest absolute Gasteiger partial charge is 0.352 e. The Balaban J connectivity index is 1.48. The van der Waals surface area contributed by atoms with E-state index in [2.05, 4.69) is 59.3 Å². The van der Waals surface area contributed by atoms with Crippen molar-refractivity contribution in [1.82, 2.24) is 14.9 Å². The molecule has 0 radical (unpaired) electrons. The molecule has 4 aromatic rings. The van der Waals surface area contributed by atoms with Crippen molar-refractivity contribution in [1.29, 1.82) is 0 Å². The third kappa shape index (κ3) is 4.53. The summed E-state index contributed by atoms with van der Waals surface area (Å²) in [4.78, 5) is 17.5. The first kappa shape index (κ1) is 20.9. The summed E-state index contributed by atoms with van der Waals surface area (Å²) in [5, 5.41) is 3.07. The number of fused-ring (bicyclic) bond motifs is 1. The van der Waals surface area contributed by atoms with Crippen LogP contribution in [0, 0.1) is 13.8 Å². The number of aromatic nitrogens is 2. The van der Waals surface area contributed by atoms with E-state index in [1.54, 1.807) is 0 Å². The molecule has 0 bridgehead atoms. The minimum Gasteiger partial charge on any atom is -0.352 e. The van der Waals surface area contributed by atoms with E-state index in [4.69, 9.17) is 4.98 Å². The number of hydrogen-bond donors (Lipinski definition) is 1. The highest BCUT2D eigenvalue weighted by Gasteiger charge is 2.17. The maximum Gasteiger partial charge on any atom is 0.251 e. The summed E-state index contributed by atoms with van der Waals surface area (Å²) in [6.45, 7) is 6.86. The van der Waals surface area contributed by atoms with Crippen LogP contribution in [-0.2, 0) is 6.42 Å². The fourth-order valence-electron chi connectivity index (χ4n) is 4.20. The lowest BCUT2D eigenvalue weighted by Crippen LogP contribution is -2.25. The van der Waals surface area contributed by atoms with E-state index in [1.165, 1.54) is 11.1 Å². The number of nitrogens with one attached hydrogen (secondary N) is 1. The van der Waals surface area contributed by atoms with E-state index in [-0.39, 0.29) is 11.9 Å². The van der Waals surface area contributed by atoms with Gasteiger partial charge in [0.25, 0.3) is 5.91 Å². The lowest BCUT2D eigenvalue weighted by atomic mass is 10.1. The predicted octanol–water partition coefficient (Wildman–Crippen LogP) is 5.63. The van der Waals surface area contributed by atoms with Crippen molar-refractivity contribution in [2.24, 2.45) is 0 Å². The van der Waals surface area contributed by atoms with Gasteiger partial charge in [0.2, 0.25) is 0 Å². The van der Waals surface area contributed by atoms with E-state index < -0.39 is 0 Å². The fraction of sp³-hybridized carbons (Fsp3) is 0.259. The number of benzene rings is 3. The van der Waals surface area contributed by atoms with Crippen LogP contribution in [0.1, 0.15) is 52.3 Å². The Morgan fingerprint density at radius 2 is 1.74 bits per heavy atom. The van der Waals surface area contributed by atoms with Crippen molar-refractivity contribution >= 4 is 16.9 Å². The average Bonchev–Trinajstić information content (AvgIpc) is 3.15. The standard InChI is InChI=1S/C27H29N3O/c1-19-15-16-23(20(2)18-19)27(31)28-17-9-14-26-29-24-12-7-8-13-25(24)30(26)21(3)22-10-5-4-6-11-22/h4-8,10-13,15-16,18,21H,9,14,17H2,1-3H3,(H,28,31). The first-order chi connectivity index (χ1) is 15.0. The SMILES string of the molecule is Cc1ccc(C(=O)NCCCc2nc3ccccc3n2C(C)c2ccccc2)c(C)c1. The third-order valence-electron chi connectivity index (χ3n) is 5.83. The second kappa shape index (κ2) is 9.17. The van der Waals surface area contributed by atoms with Crippen LogP contribution in [0.5, 0.6) is 0 Å². The lowest BCUT2D eigenvalue weighted by Gasteiger charge is -2.18. The van der Waals surface area contributed by atoms with E-state index in [0.717, 1.165) is 40.8 Å². The number of carbonyl (C=O) groups excluding carboxylic acids is 1. The second-order valence-corrected chi connectivity index (χ2v) is 8.15. The molecule has 0 fully saturated rings. The monoisotopic (exact) mass is 411 g/mol. The van der Waals surface area contributed by atoms with Crippen molar-refractivity contribution in [3.63, 3.8) is 0 Å². The van der Waals surface area contributed by atoms with Crippen molar-refractivity contribution in [2.75, 3.05) is 6.54 Å². The highest BCUT2D eigenvalue weighted by molar-refractivity contribution is 5.95. The van der Waals surface area contributed by atoms with Crippen LogP contribution < -0.4 is 5.32 Å². The number of carbonyl (C=O) groups is 1. The van der Waals surface area contributed by atoms with Gasteiger partial charge < -0.3 is 9.88 Å². The number of rotatable bonds is 7. The molecule has 0 aliphatic rings. The Morgan fingerprint density at radius 1 is 1.00 bits per heavy atom. The molecule has 1 heterocycles. The van der Waals surface area contributed by atoms with Crippen LogP contribution in [0.25, 0.3) is 11.0 Å². The number of para-hydroxylation sites is 2. The van der Waals surface area contributed by atoms with Gasteiger partial charge in [-0.2, -0.15) is 0 Å². The molecule has 0 saturated carbocycles. The number of imidazole rings is 1. The molecule has 0 aliphatic carbocycles. The summed E-state index contributed by atoms with van der Waals surface area (Å²) in [7, 11) is 0. The molecule has 1 N–H and O–H groups in total. The Labute approximate surface area is 183 Å². The van der Waals surface area contributed by atoms with Gasteiger partial charge in [0.05, 0.1) is 17.1 Å². The summed E-state index contributed by atoms with van der Waals surface area (Å²) in [6, 6.07) is 24.9. The molecule has 0 spiro atoms. The number of hydrogen-bond acceptors (Lipinski definition) is 2. The van der Waals surface area contributed by atoms with Crippen LogP contribution in [-0.4, -0.2) is 22.0 Å². The molecular formula is C27H29N3O. The van der Waals surface area contributed by atoms with Gasteiger partial charge in [0.15, 0.2) is 0 Å². The van der Waals surface area contributed by atoms with Gasteiger partial charge in [-0.25, -0.2) is 4.98 Å². The summed E-state index contributed by atoms with van der Waals surface area (Å²) in [5.41, 5.74) is 6.34. The smallest absolute Gasteiger partial charge is 0.251 e. The molecule has 3 aromatic carbocycles. The Bertz CT molecular complexity index is 1190. The summed E-state index contributed by atoms with van der Waals surface area (Å²) in [5.74, 6) is 1.04. The highest BCUT2D eigenvalue weighted by atomic mass is 16.1. The van der Waals surface area contributed by atoms with Gasteiger partial charge in [-0.1, -0.05) is 60.2 Å². The summed E-state index contributed by atoms with van der Waals surface area (Å²) in [6.07, 6.45) is 1.64. The highest BCUT2D eigenvalue weighted by Crippen LogP contribution is 2.26. The fourth-order valence-corrected chi connectivity index (χ4v) is 4.20. The van der Waals surface area contributed by atoms with E-state index in [9.17, 15) is 4.79 Å². The number of nitrogens with zero attached hydrogens (tertiary/aromatic N) is 2. The average molecular weight is 412 g/mol. The summed E-state index contributed by atoms with van der Waals surface area (Å²) >= 11 is 0. The maximum absolute atomic E-state index is 12.6. The van der Waals surface area contributed by atoms with Gasteiger partial charge >= 0.3 is 0 Å². The molecule has 0 saturated heterocycles. The Morgan fingerprint density at radius 3 is 2.52 bits per heavy atom. The molecular weight excluding hydrogens is 382 g/mol. The van der Waals surface area contributed by atoms with Crippen LogP contribution in [0.3, 0.4) is 0 Å². The number of amides is 1. The van der Waals surface area contributed by atoms with Gasteiger partial charge in [0.1, 0.15) is 5.82 Å². The zero-order valence-corrected chi connectivity index (χ0v) is 18.4. The van der Waals surface area contributed by atoms with E-state index >= 15 is 0 Å². The van der Waals surface area contributed by atoms with Crippen molar-refractivity contribution in [2.45, 2.75) is 39.7 Å². The molecule has 0 aliphatic heterocycles. The molecule has 1 atom stereocenters. The molecule has 1 aromatic heterocycles. The van der Waals surface area contributed by atoms with E-state index in [1.807, 2.05) is 44.2 Å². The van der Waals surface area contributed by atoms with Gasteiger partial charge in [0, 0.05) is 18.5 Å². The molecule has 4 nitrogen and oxygen atoms in total. The second-order valence-electron chi connectivity index (χ2n) is 8.15. The van der Waals surface area contributed by atoms with Gasteiger partial charge in [-0.05, 0) is 56.5 Å². The molecule has 1 unspecified atom stereocenters. The molecule has 31 heavy (non-hydrogen) atoms. The maximum atomic E-state index is 12.6. The first-order valence-electron chi connectivity index (χ1n) is 10.9. The minimum absolute atomic E-state index is 0.0105. The Hall–Kier alpha value is -3.40. The first-order valence-corrected chi connectivity index (χ1v) is 10.9. The lowest BCUT2D eigenvalue weighted by molar-refractivity contribution is 0.0952. The van der Waals surface area contributed by atoms with Crippen molar-refractivity contribution in [3.8, 4) is 0 Å². The topological polar surface area (TPSA) is 46.9 Å². The van der Waals surface area contributed by atoms with Crippen molar-refractivity contribution < 1.29 is 4.79 Å². The quantitative estimate of drug-likeness (QED) is 0.401.